The largest absolute Gasteiger partial charge is 0.378 e. The summed E-state index contributed by atoms with van der Waals surface area (Å²) in [6.07, 6.45) is 4.49. The van der Waals surface area contributed by atoms with Gasteiger partial charge in [0.05, 0.1) is 6.10 Å². The fourth-order valence-electron chi connectivity index (χ4n) is 2.85. The Morgan fingerprint density at radius 2 is 2.12 bits per heavy atom. The van der Waals surface area contributed by atoms with Crippen LogP contribution in [-0.2, 0) is 4.74 Å². The van der Waals surface area contributed by atoms with E-state index >= 15 is 0 Å². The van der Waals surface area contributed by atoms with E-state index < -0.39 is 0 Å². The van der Waals surface area contributed by atoms with Crippen molar-refractivity contribution >= 4 is 11.8 Å². The maximum atomic E-state index is 5.86. The molecule has 2 rings (SSSR count). The Balaban J connectivity index is 1.69. The lowest BCUT2D eigenvalue weighted by atomic mass is 9.88. The van der Waals surface area contributed by atoms with Gasteiger partial charge in [-0.05, 0) is 25.2 Å². The van der Waals surface area contributed by atoms with E-state index in [1.165, 1.54) is 44.6 Å². The third-order valence-electron chi connectivity index (χ3n) is 3.74. The van der Waals surface area contributed by atoms with E-state index in [2.05, 4.69) is 37.4 Å². The standard InChI is InChI=1S/C14H27NOS/c1-14(2,3)17-10-8-15-7-6-13-12(11-15)5-4-9-16-13/h12-13H,4-11H2,1-3H3/t12-,13+/m1/s1. The topological polar surface area (TPSA) is 12.5 Å². The van der Waals surface area contributed by atoms with Crippen molar-refractivity contribution in [2.45, 2.75) is 50.9 Å². The molecule has 2 saturated heterocycles. The first-order chi connectivity index (χ1) is 8.04. The van der Waals surface area contributed by atoms with Gasteiger partial charge in [0.2, 0.25) is 0 Å². The van der Waals surface area contributed by atoms with Crippen LogP contribution in [0.5, 0.6) is 0 Å². The molecule has 100 valence electrons. The highest BCUT2D eigenvalue weighted by Crippen LogP contribution is 2.29. The lowest BCUT2D eigenvalue weighted by molar-refractivity contribution is -0.0651. The highest BCUT2D eigenvalue weighted by molar-refractivity contribution is 8.00. The normalized spacial score (nSPS) is 31.2. The highest BCUT2D eigenvalue weighted by atomic mass is 32.2. The van der Waals surface area contributed by atoms with Crippen LogP contribution in [0.2, 0.25) is 0 Å². The number of rotatable bonds is 3. The Hall–Kier alpha value is 0.270. The van der Waals surface area contributed by atoms with Crippen molar-refractivity contribution in [2.24, 2.45) is 5.92 Å². The van der Waals surface area contributed by atoms with E-state index in [0.717, 1.165) is 12.5 Å². The summed E-state index contributed by atoms with van der Waals surface area (Å²) in [5.74, 6) is 2.08. The van der Waals surface area contributed by atoms with Gasteiger partial charge in [0.1, 0.15) is 0 Å². The fraction of sp³-hybridized carbons (Fsp3) is 1.00. The van der Waals surface area contributed by atoms with E-state index in [-0.39, 0.29) is 0 Å². The van der Waals surface area contributed by atoms with Crippen LogP contribution in [0.1, 0.15) is 40.0 Å². The van der Waals surface area contributed by atoms with Crippen molar-refractivity contribution in [3.05, 3.63) is 0 Å². The summed E-state index contributed by atoms with van der Waals surface area (Å²) < 4.78 is 6.27. The van der Waals surface area contributed by atoms with E-state index in [1.807, 2.05) is 0 Å². The summed E-state index contributed by atoms with van der Waals surface area (Å²) in [5, 5.41) is 0. The molecule has 2 heterocycles. The molecular weight excluding hydrogens is 230 g/mol. The Kier molecular flexibility index (Phi) is 4.79. The molecule has 0 aromatic heterocycles. The van der Waals surface area contributed by atoms with E-state index in [1.54, 1.807) is 0 Å². The minimum absolute atomic E-state index is 0.409. The van der Waals surface area contributed by atoms with E-state index in [4.69, 9.17) is 4.74 Å². The van der Waals surface area contributed by atoms with Crippen molar-refractivity contribution < 1.29 is 4.74 Å². The molecule has 2 atom stereocenters. The van der Waals surface area contributed by atoms with Crippen LogP contribution in [0.4, 0.5) is 0 Å². The molecule has 0 amide bonds. The number of fused-ring (bicyclic) bond motifs is 1. The smallest absolute Gasteiger partial charge is 0.0627 e. The molecule has 0 aromatic carbocycles. The summed E-state index contributed by atoms with van der Waals surface area (Å²) in [6, 6.07) is 0. The molecule has 0 aromatic rings. The number of thioether (sulfide) groups is 1. The molecular formula is C14H27NOS. The maximum Gasteiger partial charge on any atom is 0.0627 e. The predicted molar refractivity (Wildman–Crippen MR) is 75.7 cm³/mol. The van der Waals surface area contributed by atoms with Gasteiger partial charge in [0.25, 0.3) is 0 Å². The molecule has 3 heteroatoms. The average Bonchev–Trinajstić information content (AvgIpc) is 2.27. The van der Waals surface area contributed by atoms with E-state index in [9.17, 15) is 0 Å². The molecule has 0 unspecified atom stereocenters. The molecule has 0 aliphatic carbocycles. The van der Waals surface area contributed by atoms with Crippen LogP contribution in [0.3, 0.4) is 0 Å². The van der Waals surface area contributed by atoms with Gasteiger partial charge < -0.3 is 9.64 Å². The van der Waals surface area contributed by atoms with Crippen molar-refractivity contribution in [1.82, 2.24) is 4.90 Å². The molecule has 0 radical (unpaired) electrons. The maximum absolute atomic E-state index is 5.86. The van der Waals surface area contributed by atoms with Gasteiger partial charge >= 0.3 is 0 Å². The lowest BCUT2D eigenvalue weighted by Crippen LogP contribution is -2.46. The molecule has 2 aliphatic rings. The average molecular weight is 257 g/mol. The number of hydrogen-bond acceptors (Lipinski definition) is 3. The first-order valence-corrected chi connectivity index (χ1v) is 8.01. The summed E-state index contributed by atoms with van der Waals surface area (Å²) in [5.41, 5.74) is 0. The Labute approximate surface area is 110 Å². The molecule has 17 heavy (non-hydrogen) atoms. The number of nitrogens with zero attached hydrogens (tertiary/aromatic N) is 1. The predicted octanol–water partition coefficient (Wildman–Crippen LogP) is 3.02. The number of hydrogen-bond donors (Lipinski definition) is 0. The van der Waals surface area contributed by atoms with Crippen LogP contribution in [0.25, 0.3) is 0 Å². The molecule has 2 nitrogen and oxygen atoms in total. The van der Waals surface area contributed by atoms with Gasteiger partial charge in [-0.25, -0.2) is 0 Å². The van der Waals surface area contributed by atoms with Crippen molar-refractivity contribution in [3.63, 3.8) is 0 Å². The summed E-state index contributed by atoms with van der Waals surface area (Å²) in [6.45, 7) is 11.7. The minimum atomic E-state index is 0.409. The van der Waals surface area contributed by atoms with Crippen molar-refractivity contribution in [2.75, 3.05) is 32.0 Å². The van der Waals surface area contributed by atoms with Crippen LogP contribution < -0.4 is 0 Å². The van der Waals surface area contributed by atoms with Gasteiger partial charge in [0.15, 0.2) is 0 Å². The molecule has 2 aliphatic heterocycles. The number of ether oxygens (including phenoxy) is 1. The first kappa shape index (κ1) is 13.7. The quantitative estimate of drug-likeness (QED) is 0.771. The second-order valence-electron chi connectivity index (χ2n) is 6.36. The third-order valence-corrected chi connectivity index (χ3v) is 4.99. The Morgan fingerprint density at radius 1 is 1.29 bits per heavy atom. The van der Waals surface area contributed by atoms with Gasteiger partial charge in [-0.15, -0.1) is 0 Å². The zero-order valence-electron chi connectivity index (χ0n) is 11.6. The van der Waals surface area contributed by atoms with Crippen molar-refractivity contribution in [1.29, 1.82) is 0 Å². The summed E-state index contributed by atoms with van der Waals surface area (Å²) in [7, 11) is 0. The molecule has 0 bridgehead atoms. The highest BCUT2D eigenvalue weighted by Gasteiger charge is 2.31. The SMILES string of the molecule is CC(C)(C)SCCN1CC[C@@H]2OCCC[C@@H]2C1. The lowest BCUT2D eigenvalue weighted by Gasteiger charge is -2.41. The molecule has 0 N–H and O–H groups in total. The van der Waals surface area contributed by atoms with Crippen LogP contribution in [0, 0.1) is 5.92 Å². The molecule has 0 spiro atoms. The number of likely N-dealkylation sites (tertiary alicyclic amines) is 1. The van der Waals surface area contributed by atoms with Gasteiger partial charge in [-0.2, -0.15) is 11.8 Å². The monoisotopic (exact) mass is 257 g/mol. The second-order valence-corrected chi connectivity index (χ2v) is 8.28. The van der Waals surface area contributed by atoms with E-state index in [0.29, 0.717) is 10.9 Å². The zero-order valence-corrected chi connectivity index (χ0v) is 12.4. The van der Waals surface area contributed by atoms with Crippen LogP contribution >= 0.6 is 11.8 Å². The third kappa shape index (κ3) is 4.46. The molecule has 0 saturated carbocycles. The van der Waals surface area contributed by atoms with Gasteiger partial charge in [-0.3, -0.25) is 0 Å². The second kappa shape index (κ2) is 5.94. The van der Waals surface area contributed by atoms with Crippen LogP contribution in [0.15, 0.2) is 0 Å². The Bertz CT molecular complexity index is 239. The number of piperidine rings is 1. The van der Waals surface area contributed by atoms with Gasteiger partial charge in [0, 0.05) is 36.7 Å². The van der Waals surface area contributed by atoms with Gasteiger partial charge in [-0.1, -0.05) is 20.8 Å². The molecule has 2 fully saturated rings. The summed E-state index contributed by atoms with van der Waals surface area (Å²) in [4.78, 5) is 2.65. The van der Waals surface area contributed by atoms with Crippen LogP contribution in [-0.4, -0.2) is 47.7 Å². The Morgan fingerprint density at radius 3 is 2.88 bits per heavy atom. The zero-order chi connectivity index (χ0) is 12.3. The first-order valence-electron chi connectivity index (χ1n) is 7.02. The minimum Gasteiger partial charge on any atom is -0.378 e. The summed E-state index contributed by atoms with van der Waals surface area (Å²) >= 11 is 2.08. The van der Waals surface area contributed by atoms with Crippen molar-refractivity contribution in [3.8, 4) is 0 Å². The fourth-order valence-corrected chi connectivity index (χ4v) is 3.81.